The lowest BCUT2D eigenvalue weighted by atomic mass is 9.91. The maximum atomic E-state index is 13.7. The van der Waals surface area contributed by atoms with Gasteiger partial charge in [0.1, 0.15) is 11.6 Å². The van der Waals surface area contributed by atoms with Gasteiger partial charge in [-0.05, 0) is 31.9 Å². The molecule has 0 bridgehead atoms. The highest BCUT2D eigenvalue weighted by Gasteiger charge is 2.23. The Labute approximate surface area is 95.8 Å². The van der Waals surface area contributed by atoms with Gasteiger partial charge in [0.2, 0.25) is 0 Å². The first kappa shape index (κ1) is 11.4. The Bertz CT molecular complexity index is 363. The number of methoxy groups -OCH3 is 1. The number of benzene rings is 1. The monoisotopic (exact) mass is 223 g/mol. The smallest absolute Gasteiger partial charge is 0.131 e. The first-order valence-electron chi connectivity index (χ1n) is 5.81. The van der Waals surface area contributed by atoms with E-state index in [1.54, 1.807) is 19.2 Å². The Hall–Kier alpha value is -1.09. The van der Waals surface area contributed by atoms with E-state index in [0.29, 0.717) is 17.4 Å². The van der Waals surface area contributed by atoms with E-state index in [0.717, 1.165) is 0 Å². The van der Waals surface area contributed by atoms with Gasteiger partial charge in [0.15, 0.2) is 0 Å². The number of rotatable bonds is 4. The molecule has 3 heteroatoms. The van der Waals surface area contributed by atoms with E-state index >= 15 is 0 Å². The van der Waals surface area contributed by atoms with Crippen LogP contribution < -0.4 is 10.1 Å². The second-order valence-corrected chi connectivity index (χ2v) is 4.37. The van der Waals surface area contributed by atoms with Gasteiger partial charge in [-0.2, -0.15) is 0 Å². The minimum atomic E-state index is -0.196. The summed E-state index contributed by atoms with van der Waals surface area (Å²) in [4.78, 5) is 0. The van der Waals surface area contributed by atoms with Crippen molar-refractivity contribution in [3.8, 4) is 5.75 Å². The summed E-state index contributed by atoms with van der Waals surface area (Å²) < 4.78 is 18.9. The van der Waals surface area contributed by atoms with E-state index in [9.17, 15) is 4.39 Å². The van der Waals surface area contributed by atoms with Gasteiger partial charge in [-0.3, -0.25) is 0 Å². The lowest BCUT2D eigenvalue weighted by Crippen LogP contribution is -2.37. The maximum Gasteiger partial charge on any atom is 0.131 e. The molecule has 1 fully saturated rings. The van der Waals surface area contributed by atoms with E-state index < -0.39 is 0 Å². The van der Waals surface area contributed by atoms with Crippen LogP contribution in [0.4, 0.5) is 4.39 Å². The molecule has 2 nitrogen and oxygen atoms in total. The van der Waals surface area contributed by atoms with Crippen molar-refractivity contribution in [2.45, 2.75) is 38.3 Å². The number of ether oxygens (including phenoxy) is 1. The molecule has 1 aliphatic carbocycles. The van der Waals surface area contributed by atoms with Crippen molar-refractivity contribution in [3.05, 3.63) is 29.6 Å². The standard InChI is InChI=1S/C13H18FNO/c1-9(15-10-5-3-6-10)13-11(14)7-4-8-12(13)16-2/h4,7-10,15H,3,5-6H2,1-2H3. The molecule has 0 saturated heterocycles. The molecule has 0 spiro atoms. The van der Waals surface area contributed by atoms with Crippen LogP contribution in [-0.2, 0) is 0 Å². The number of nitrogens with one attached hydrogen (secondary N) is 1. The molecule has 1 aliphatic rings. The summed E-state index contributed by atoms with van der Waals surface area (Å²) in [6, 6.07) is 5.50. The summed E-state index contributed by atoms with van der Waals surface area (Å²) in [5.41, 5.74) is 0.636. The molecule has 1 aromatic carbocycles. The first-order chi connectivity index (χ1) is 7.72. The molecule has 1 saturated carbocycles. The van der Waals surface area contributed by atoms with Crippen LogP contribution >= 0.6 is 0 Å². The predicted octanol–water partition coefficient (Wildman–Crippen LogP) is 3.04. The molecule has 0 amide bonds. The van der Waals surface area contributed by atoms with Crippen molar-refractivity contribution >= 4 is 0 Å². The molecule has 16 heavy (non-hydrogen) atoms. The Kier molecular flexibility index (Phi) is 3.44. The van der Waals surface area contributed by atoms with Gasteiger partial charge in [-0.1, -0.05) is 12.5 Å². The van der Waals surface area contributed by atoms with Crippen molar-refractivity contribution in [1.82, 2.24) is 5.32 Å². The minimum absolute atomic E-state index is 0.00134. The molecule has 1 atom stereocenters. The predicted molar refractivity (Wildman–Crippen MR) is 62.1 cm³/mol. The van der Waals surface area contributed by atoms with E-state index in [1.807, 2.05) is 6.92 Å². The Morgan fingerprint density at radius 3 is 2.75 bits per heavy atom. The van der Waals surface area contributed by atoms with Crippen LogP contribution in [-0.4, -0.2) is 13.2 Å². The molecule has 0 aromatic heterocycles. The SMILES string of the molecule is COc1cccc(F)c1C(C)NC1CCC1. The molecule has 0 radical (unpaired) electrons. The summed E-state index contributed by atoms with van der Waals surface area (Å²) in [6.07, 6.45) is 3.67. The van der Waals surface area contributed by atoms with Crippen LogP contribution in [0.3, 0.4) is 0 Å². The van der Waals surface area contributed by atoms with Gasteiger partial charge < -0.3 is 10.1 Å². The van der Waals surface area contributed by atoms with Gasteiger partial charge >= 0.3 is 0 Å². The second kappa shape index (κ2) is 4.83. The third-order valence-electron chi connectivity index (χ3n) is 3.26. The molecule has 88 valence electrons. The van der Waals surface area contributed by atoms with E-state index in [1.165, 1.54) is 25.3 Å². The molecule has 1 unspecified atom stereocenters. The Balaban J connectivity index is 2.16. The number of hydrogen-bond donors (Lipinski definition) is 1. The van der Waals surface area contributed by atoms with Gasteiger partial charge in [-0.15, -0.1) is 0 Å². The largest absolute Gasteiger partial charge is 0.496 e. The van der Waals surface area contributed by atoms with Crippen molar-refractivity contribution in [3.63, 3.8) is 0 Å². The lowest BCUT2D eigenvalue weighted by Gasteiger charge is -2.30. The summed E-state index contributed by atoms with van der Waals surface area (Å²) in [6.45, 7) is 1.99. The molecule has 0 heterocycles. The summed E-state index contributed by atoms with van der Waals surface area (Å²) in [5.74, 6) is 0.429. The topological polar surface area (TPSA) is 21.3 Å². The first-order valence-corrected chi connectivity index (χ1v) is 5.81. The average molecular weight is 223 g/mol. The Morgan fingerprint density at radius 2 is 2.19 bits per heavy atom. The fourth-order valence-electron chi connectivity index (χ4n) is 2.13. The molecule has 2 rings (SSSR count). The highest BCUT2D eigenvalue weighted by Crippen LogP contribution is 2.30. The molecular weight excluding hydrogens is 205 g/mol. The van der Waals surface area contributed by atoms with Crippen LogP contribution in [0, 0.1) is 5.82 Å². The van der Waals surface area contributed by atoms with Gasteiger partial charge in [0, 0.05) is 17.6 Å². The van der Waals surface area contributed by atoms with Crippen LogP contribution in [0.1, 0.15) is 37.8 Å². The zero-order valence-electron chi connectivity index (χ0n) is 9.79. The summed E-state index contributed by atoms with van der Waals surface area (Å²) >= 11 is 0. The van der Waals surface area contributed by atoms with E-state index in [-0.39, 0.29) is 11.9 Å². The Morgan fingerprint density at radius 1 is 1.44 bits per heavy atom. The quantitative estimate of drug-likeness (QED) is 0.847. The van der Waals surface area contributed by atoms with Gasteiger partial charge in [0.25, 0.3) is 0 Å². The van der Waals surface area contributed by atoms with E-state index in [2.05, 4.69) is 5.32 Å². The van der Waals surface area contributed by atoms with E-state index in [4.69, 9.17) is 4.74 Å². The third kappa shape index (κ3) is 2.19. The fourth-order valence-corrected chi connectivity index (χ4v) is 2.13. The molecular formula is C13H18FNO. The molecule has 0 aliphatic heterocycles. The van der Waals surface area contributed by atoms with Crippen molar-refractivity contribution < 1.29 is 9.13 Å². The zero-order valence-corrected chi connectivity index (χ0v) is 9.79. The highest BCUT2D eigenvalue weighted by molar-refractivity contribution is 5.37. The third-order valence-corrected chi connectivity index (χ3v) is 3.26. The van der Waals surface area contributed by atoms with Crippen LogP contribution in [0.5, 0.6) is 5.75 Å². The average Bonchev–Trinajstić information content (AvgIpc) is 2.22. The van der Waals surface area contributed by atoms with Crippen molar-refractivity contribution in [2.24, 2.45) is 0 Å². The van der Waals surface area contributed by atoms with Gasteiger partial charge in [0.05, 0.1) is 7.11 Å². The van der Waals surface area contributed by atoms with Gasteiger partial charge in [-0.25, -0.2) is 4.39 Å². The summed E-state index contributed by atoms with van der Waals surface area (Å²) in [5, 5.41) is 3.43. The second-order valence-electron chi connectivity index (χ2n) is 4.37. The number of halogens is 1. The van der Waals surface area contributed by atoms with Crippen LogP contribution in [0.15, 0.2) is 18.2 Å². The fraction of sp³-hybridized carbons (Fsp3) is 0.538. The molecule has 1 N–H and O–H groups in total. The summed E-state index contributed by atoms with van der Waals surface area (Å²) in [7, 11) is 1.58. The van der Waals surface area contributed by atoms with Crippen LogP contribution in [0.2, 0.25) is 0 Å². The lowest BCUT2D eigenvalue weighted by molar-refractivity contribution is 0.304. The van der Waals surface area contributed by atoms with Crippen LogP contribution in [0.25, 0.3) is 0 Å². The molecule has 1 aromatic rings. The van der Waals surface area contributed by atoms with Crippen molar-refractivity contribution in [2.75, 3.05) is 7.11 Å². The zero-order chi connectivity index (χ0) is 11.5. The highest BCUT2D eigenvalue weighted by atomic mass is 19.1. The normalized spacial score (nSPS) is 17.9. The maximum absolute atomic E-state index is 13.7. The number of hydrogen-bond acceptors (Lipinski definition) is 2. The minimum Gasteiger partial charge on any atom is -0.496 e. The van der Waals surface area contributed by atoms with Crippen molar-refractivity contribution in [1.29, 1.82) is 0 Å².